The Morgan fingerprint density at radius 1 is 1.24 bits per heavy atom. The SMILES string of the molecule is CCCNC(CC1CCCc2ccccc21)c1cccs1. The van der Waals surface area contributed by atoms with Gasteiger partial charge in [0.25, 0.3) is 0 Å². The summed E-state index contributed by atoms with van der Waals surface area (Å²) in [4.78, 5) is 1.49. The molecule has 0 bridgehead atoms. The zero-order valence-electron chi connectivity index (χ0n) is 12.8. The standard InChI is InChI=1S/C19H25NS/c1-2-12-20-18(19-11-6-13-21-19)14-16-9-5-8-15-7-3-4-10-17(15)16/h3-4,6-7,10-11,13,16,18,20H,2,5,8-9,12,14H2,1H3. The van der Waals surface area contributed by atoms with E-state index in [4.69, 9.17) is 0 Å². The van der Waals surface area contributed by atoms with Crippen LogP contribution in [0.1, 0.15) is 60.6 Å². The van der Waals surface area contributed by atoms with Crippen molar-refractivity contribution in [3.05, 3.63) is 57.8 Å². The van der Waals surface area contributed by atoms with Crippen LogP contribution in [-0.4, -0.2) is 6.54 Å². The molecule has 0 aliphatic heterocycles. The van der Waals surface area contributed by atoms with Gasteiger partial charge in [-0.05, 0) is 67.1 Å². The van der Waals surface area contributed by atoms with Crippen molar-refractivity contribution in [2.75, 3.05) is 6.54 Å². The van der Waals surface area contributed by atoms with Gasteiger partial charge in [0.15, 0.2) is 0 Å². The number of nitrogens with one attached hydrogen (secondary N) is 1. The number of hydrogen-bond acceptors (Lipinski definition) is 2. The first kappa shape index (κ1) is 14.8. The van der Waals surface area contributed by atoms with Gasteiger partial charge in [0.2, 0.25) is 0 Å². The molecule has 112 valence electrons. The molecule has 0 radical (unpaired) electrons. The fraction of sp³-hybridized carbons (Fsp3) is 0.474. The maximum Gasteiger partial charge on any atom is 0.0420 e. The maximum absolute atomic E-state index is 3.76. The van der Waals surface area contributed by atoms with Gasteiger partial charge in [-0.2, -0.15) is 0 Å². The third kappa shape index (κ3) is 3.56. The highest BCUT2D eigenvalue weighted by atomic mass is 32.1. The third-order valence-electron chi connectivity index (χ3n) is 4.54. The van der Waals surface area contributed by atoms with Crippen molar-refractivity contribution in [3.8, 4) is 0 Å². The Kier molecular flexibility index (Phi) is 5.10. The molecule has 21 heavy (non-hydrogen) atoms. The fourth-order valence-corrected chi connectivity index (χ4v) is 4.31. The predicted octanol–water partition coefficient (Wildman–Crippen LogP) is 5.30. The average molecular weight is 299 g/mol. The molecule has 2 heteroatoms. The second-order valence-corrected chi connectivity index (χ2v) is 7.03. The van der Waals surface area contributed by atoms with Crippen molar-refractivity contribution in [1.82, 2.24) is 5.32 Å². The molecule has 3 rings (SSSR count). The zero-order valence-corrected chi connectivity index (χ0v) is 13.7. The summed E-state index contributed by atoms with van der Waals surface area (Å²) in [6.45, 7) is 3.35. The van der Waals surface area contributed by atoms with E-state index in [9.17, 15) is 0 Å². The van der Waals surface area contributed by atoms with Crippen LogP contribution in [0.25, 0.3) is 0 Å². The first-order chi connectivity index (χ1) is 10.4. The number of rotatable bonds is 6. The minimum absolute atomic E-state index is 0.515. The van der Waals surface area contributed by atoms with Crippen molar-refractivity contribution in [3.63, 3.8) is 0 Å². The molecule has 0 fully saturated rings. The number of thiophene rings is 1. The molecule has 1 aliphatic carbocycles. The Hall–Kier alpha value is -1.12. The van der Waals surface area contributed by atoms with Crippen LogP contribution in [-0.2, 0) is 6.42 Å². The molecule has 0 spiro atoms. The van der Waals surface area contributed by atoms with E-state index in [1.165, 1.54) is 37.0 Å². The van der Waals surface area contributed by atoms with E-state index < -0.39 is 0 Å². The van der Waals surface area contributed by atoms with Crippen molar-refractivity contribution in [2.24, 2.45) is 0 Å². The van der Waals surface area contributed by atoms with Crippen LogP contribution in [0.3, 0.4) is 0 Å². The molecule has 0 amide bonds. The van der Waals surface area contributed by atoms with Gasteiger partial charge in [-0.3, -0.25) is 0 Å². The van der Waals surface area contributed by atoms with Gasteiger partial charge in [-0.25, -0.2) is 0 Å². The van der Waals surface area contributed by atoms with E-state index in [0.717, 1.165) is 6.54 Å². The summed E-state index contributed by atoms with van der Waals surface area (Å²) in [5.41, 5.74) is 3.18. The Bertz CT molecular complexity index is 546. The molecule has 2 atom stereocenters. The molecule has 0 saturated heterocycles. The predicted molar refractivity (Wildman–Crippen MR) is 92.1 cm³/mol. The summed E-state index contributed by atoms with van der Waals surface area (Å²) in [5.74, 6) is 0.714. The second-order valence-electron chi connectivity index (χ2n) is 6.05. The molecule has 2 unspecified atom stereocenters. The van der Waals surface area contributed by atoms with E-state index in [2.05, 4.69) is 54.0 Å². The molecular formula is C19H25NS. The number of hydrogen-bond donors (Lipinski definition) is 1. The maximum atomic E-state index is 3.76. The van der Waals surface area contributed by atoms with E-state index in [1.54, 1.807) is 11.1 Å². The lowest BCUT2D eigenvalue weighted by atomic mass is 9.79. The minimum atomic E-state index is 0.515. The molecule has 1 aromatic carbocycles. The second kappa shape index (κ2) is 7.24. The van der Waals surface area contributed by atoms with Crippen LogP contribution >= 0.6 is 11.3 Å². The van der Waals surface area contributed by atoms with Crippen LogP contribution in [0.4, 0.5) is 0 Å². The van der Waals surface area contributed by atoms with Gasteiger partial charge >= 0.3 is 0 Å². The monoisotopic (exact) mass is 299 g/mol. The summed E-state index contributed by atoms with van der Waals surface area (Å²) in [6, 6.07) is 14.0. The minimum Gasteiger partial charge on any atom is -0.309 e. The van der Waals surface area contributed by atoms with Gasteiger partial charge in [0.1, 0.15) is 0 Å². The number of aryl methyl sites for hydroxylation is 1. The summed E-state index contributed by atoms with van der Waals surface area (Å²) in [6.07, 6.45) is 6.37. The fourth-order valence-electron chi connectivity index (χ4n) is 3.49. The van der Waals surface area contributed by atoms with E-state index in [-0.39, 0.29) is 0 Å². The highest BCUT2D eigenvalue weighted by molar-refractivity contribution is 7.10. The summed E-state index contributed by atoms with van der Waals surface area (Å²) < 4.78 is 0. The highest BCUT2D eigenvalue weighted by Gasteiger charge is 2.24. The van der Waals surface area contributed by atoms with Gasteiger partial charge in [0.05, 0.1) is 0 Å². The molecule has 1 nitrogen and oxygen atoms in total. The third-order valence-corrected chi connectivity index (χ3v) is 5.53. The molecular weight excluding hydrogens is 274 g/mol. The Morgan fingerprint density at radius 2 is 2.14 bits per heavy atom. The summed E-state index contributed by atoms with van der Waals surface area (Å²) in [7, 11) is 0. The number of benzene rings is 1. The lowest BCUT2D eigenvalue weighted by Gasteiger charge is -2.29. The Morgan fingerprint density at radius 3 is 2.95 bits per heavy atom. The lowest BCUT2D eigenvalue weighted by molar-refractivity contribution is 0.424. The Balaban J connectivity index is 1.77. The van der Waals surface area contributed by atoms with Crippen molar-refractivity contribution in [2.45, 2.75) is 51.0 Å². The van der Waals surface area contributed by atoms with Crippen molar-refractivity contribution < 1.29 is 0 Å². The quantitative estimate of drug-likeness (QED) is 0.763. The molecule has 1 aromatic heterocycles. The van der Waals surface area contributed by atoms with Crippen LogP contribution in [0.15, 0.2) is 41.8 Å². The Labute approximate surface area is 132 Å². The van der Waals surface area contributed by atoms with Crippen molar-refractivity contribution >= 4 is 11.3 Å². The van der Waals surface area contributed by atoms with Gasteiger partial charge < -0.3 is 5.32 Å². The summed E-state index contributed by atoms with van der Waals surface area (Å²) in [5, 5.41) is 5.96. The lowest BCUT2D eigenvalue weighted by Crippen LogP contribution is -2.24. The largest absolute Gasteiger partial charge is 0.309 e. The van der Waals surface area contributed by atoms with Crippen LogP contribution in [0.2, 0.25) is 0 Å². The van der Waals surface area contributed by atoms with Gasteiger partial charge in [0, 0.05) is 10.9 Å². The highest BCUT2D eigenvalue weighted by Crippen LogP contribution is 2.38. The van der Waals surface area contributed by atoms with Crippen LogP contribution in [0.5, 0.6) is 0 Å². The first-order valence-electron chi connectivity index (χ1n) is 8.23. The van der Waals surface area contributed by atoms with E-state index in [1.807, 2.05) is 11.3 Å². The molecule has 1 heterocycles. The molecule has 2 aromatic rings. The van der Waals surface area contributed by atoms with Crippen LogP contribution in [0, 0.1) is 0 Å². The normalized spacial score (nSPS) is 19.2. The number of fused-ring (bicyclic) bond motifs is 1. The van der Waals surface area contributed by atoms with Gasteiger partial charge in [-0.1, -0.05) is 37.3 Å². The topological polar surface area (TPSA) is 12.0 Å². The average Bonchev–Trinajstić information content (AvgIpc) is 3.06. The summed E-state index contributed by atoms with van der Waals surface area (Å²) >= 11 is 1.89. The molecule has 1 aliphatic rings. The van der Waals surface area contributed by atoms with E-state index in [0.29, 0.717) is 12.0 Å². The van der Waals surface area contributed by atoms with Gasteiger partial charge in [-0.15, -0.1) is 11.3 Å². The van der Waals surface area contributed by atoms with Crippen LogP contribution < -0.4 is 5.32 Å². The smallest absolute Gasteiger partial charge is 0.0420 e. The first-order valence-corrected chi connectivity index (χ1v) is 9.11. The molecule has 0 saturated carbocycles. The molecule has 1 N–H and O–H groups in total. The van der Waals surface area contributed by atoms with Crippen molar-refractivity contribution in [1.29, 1.82) is 0 Å². The van der Waals surface area contributed by atoms with E-state index >= 15 is 0 Å². The zero-order chi connectivity index (χ0) is 14.5.